The summed E-state index contributed by atoms with van der Waals surface area (Å²) < 4.78 is 0. The number of aliphatic hydroxyl groups excluding tert-OH is 1. The highest BCUT2D eigenvalue weighted by Gasteiger charge is 2.23. The Morgan fingerprint density at radius 3 is 2.15 bits per heavy atom. The Morgan fingerprint density at radius 2 is 1.60 bits per heavy atom. The monoisotopic (exact) mass is 278 g/mol. The summed E-state index contributed by atoms with van der Waals surface area (Å²) in [4.78, 5) is 4.57. The van der Waals surface area contributed by atoms with E-state index in [2.05, 4.69) is 9.80 Å². The summed E-state index contributed by atoms with van der Waals surface area (Å²) in [5, 5.41) is 20.1. The lowest BCUT2D eigenvalue weighted by Crippen LogP contribution is -2.51. The van der Waals surface area contributed by atoms with Crippen LogP contribution in [0.2, 0.25) is 0 Å². The molecule has 4 heteroatoms. The Balaban J connectivity index is 1.77. The van der Waals surface area contributed by atoms with Crippen LogP contribution in [0, 0.1) is 0 Å². The summed E-state index contributed by atoms with van der Waals surface area (Å²) in [7, 11) is 0. The van der Waals surface area contributed by atoms with E-state index in [1.54, 1.807) is 0 Å². The van der Waals surface area contributed by atoms with Gasteiger partial charge in [0.15, 0.2) is 0 Å². The van der Waals surface area contributed by atoms with Crippen LogP contribution in [-0.4, -0.2) is 64.9 Å². The quantitative estimate of drug-likeness (QED) is 0.847. The van der Waals surface area contributed by atoms with Gasteiger partial charge < -0.3 is 10.2 Å². The van der Waals surface area contributed by atoms with Crippen molar-refractivity contribution in [2.75, 3.05) is 39.3 Å². The number of nitrogens with zero attached hydrogens (tertiary/aromatic N) is 2. The van der Waals surface area contributed by atoms with Gasteiger partial charge in [-0.1, -0.05) is 30.3 Å². The Kier molecular flexibility index (Phi) is 5.16. The van der Waals surface area contributed by atoms with Gasteiger partial charge in [0, 0.05) is 39.3 Å². The summed E-state index contributed by atoms with van der Waals surface area (Å²) in [5.74, 6) is 0. The van der Waals surface area contributed by atoms with Gasteiger partial charge in [-0.25, -0.2) is 0 Å². The summed E-state index contributed by atoms with van der Waals surface area (Å²) in [6, 6.07) is 9.82. The molecule has 0 amide bonds. The van der Waals surface area contributed by atoms with Crippen LogP contribution in [0.25, 0.3) is 0 Å². The van der Waals surface area contributed by atoms with E-state index in [4.69, 9.17) is 0 Å². The van der Waals surface area contributed by atoms with Gasteiger partial charge in [-0.2, -0.15) is 0 Å². The molecule has 112 valence electrons. The van der Waals surface area contributed by atoms with E-state index in [1.807, 2.05) is 44.2 Å². The van der Waals surface area contributed by atoms with Crippen molar-refractivity contribution in [3.63, 3.8) is 0 Å². The fourth-order valence-corrected chi connectivity index (χ4v) is 2.70. The predicted octanol–water partition coefficient (Wildman–Crippen LogP) is 1.11. The van der Waals surface area contributed by atoms with Crippen LogP contribution in [0.1, 0.15) is 25.5 Å². The lowest BCUT2D eigenvalue weighted by Gasteiger charge is -2.38. The average Bonchev–Trinajstić information content (AvgIpc) is 2.40. The highest BCUT2D eigenvalue weighted by atomic mass is 16.3. The normalized spacial score (nSPS) is 20.0. The second kappa shape index (κ2) is 6.68. The molecule has 1 saturated heterocycles. The molecule has 0 radical (unpaired) electrons. The zero-order chi connectivity index (χ0) is 14.6. The lowest BCUT2D eigenvalue weighted by atomic mass is 10.1. The SMILES string of the molecule is CC(C)(O)CN1CCN(C[C@@H](O)c2ccccc2)CC1. The molecule has 1 aliphatic heterocycles. The topological polar surface area (TPSA) is 46.9 Å². The van der Waals surface area contributed by atoms with Crippen molar-refractivity contribution in [3.8, 4) is 0 Å². The van der Waals surface area contributed by atoms with Crippen molar-refractivity contribution in [2.24, 2.45) is 0 Å². The molecule has 1 heterocycles. The predicted molar refractivity (Wildman–Crippen MR) is 80.6 cm³/mol. The fraction of sp³-hybridized carbons (Fsp3) is 0.625. The van der Waals surface area contributed by atoms with Crippen molar-refractivity contribution in [2.45, 2.75) is 25.6 Å². The Morgan fingerprint density at radius 1 is 1.05 bits per heavy atom. The fourth-order valence-electron chi connectivity index (χ4n) is 2.70. The molecule has 0 aliphatic carbocycles. The lowest BCUT2D eigenvalue weighted by molar-refractivity contribution is 0.00997. The zero-order valence-electron chi connectivity index (χ0n) is 12.5. The molecule has 2 rings (SSSR count). The maximum atomic E-state index is 10.2. The van der Waals surface area contributed by atoms with Crippen molar-refractivity contribution >= 4 is 0 Å². The maximum Gasteiger partial charge on any atom is 0.0916 e. The largest absolute Gasteiger partial charge is 0.389 e. The molecule has 20 heavy (non-hydrogen) atoms. The van der Waals surface area contributed by atoms with Gasteiger partial charge in [0.1, 0.15) is 0 Å². The van der Waals surface area contributed by atoms with E-state index in [0.29, 0.717) is 13.1 Å². The molecular weight excluding hydrogens is 252 g/mol. The molecule has 0 spiro atoms. The maximum absolute atomic E-state index is 10.2. The molecule has 1 aromatic carbocycles. The minimum absolute atomic E-state index is 0.419. The van der Waals surface area contributed by atoms with E-state index in [1.165, 1.54) is 0 Å². The van der Waals surface area contributed by atoms with Crippen LogP contribution >= 0.6 is 0 Å². The third-order valence-corrected chi connectivity index (χ3v) is 3.69. The van der Waals surface area contributed by atoms with E-state index in [0.717, 1.165) is 31.7 Å². The molecular formula is C16H26N2O2. The molecule has 4 nitrogen and oxygen atoms in total. The van der Waals surface area contributed by atoms with Crippen LogP contribution in [0.3, 0.4) is 0 Å². The Bertz CT molecular complexity index is 395. The average molecular weight is 278 g/mol. The second-order valence-electron chi connectivity index (χ2n) is 6.32. The van der Waals surface area contributed by atoms with Gasteiger partial charge in [0.2, 0.25) is 0 Å². The molecule has 1 atom stereocenters. The zero-order valence-corrected chi connectivity index (χ0v) is 12.5. The number of β-amino-alcohol motifs (C(OH)–C–C–N with tert-alkyl or cyclic N) is 2. The van der Waals surface area contributed by atoms with Crippen LogP contribution < -0.4 is 0 Å². The number of hydrogen-bond donors (Lipinski definition) is 2. The number of aliphatic hydroxyl groups is 2. The minimum atomic E-state index is -0.633. The minimum Gasteiger partial charge on any atom is -0.389 e. The van der Waals surface area contributed by atoms with Crippen molar-refractivity contribution in [1.82, 2.24) is 9.80 Å². The third-order valence-electron chi connectivity index (χ3n) is 3.69. The molecule has 0 saturated carbocycles. The number of piperazine rings is 1. The first kappa shape index (κ1) is 15.4. The molecule has 1 fully saturated rings. The summed E-state index contributed by atoms with van der Waals surface area (Å²) in [5.41, 5.74) is 0.345. The third kappa shape index (κ3) is 4.87. The van der Waals surface area contributed by atoms with Crippen molar-refractivity contribution in [3.05, 3.63) is 35.9 Å². The van der Waals surface area contributed by atoms with Gasteiger partial charge in [0.25, 0.3) is 0 Å². The highest BCUT2D eigenvalue weighted by molar-refractivity contribution is 5.17. The standard InChI is InChI=1S/C16H26N2O2/c1-16(2,20)13-18-10-8-17(9-11-18)12-15(19)14-6-4-3-5-7-14/h3-7,15,19-20H,8-13H2,1-2H3/t15-/m1/s1. The van der Waals surface area contributed by atoms with Gasteiger partial charge in [-0.05, 0) is 19.4 Å². The molecule has 0 bridgehead atoms. The Hall–Kier alpha value is -0.940. The first-order valence-electron chi connectivity index (χ1n) is 7.34. The summed E-state index contributed by atoms with van der Waals surface area (Å²) >= 11 is 0. The first-order valence-corrected chi connectivity index (χ1v) is 7.34. The van der Waals surface area contributed by atoms with Gasteiger partial charge >= 0.3 is 0 Å². The first-order chi connectivity index (χ1) is 9.44. The van der Waals surface area contributed by atoms with Crippen LogP contribution in [-0.2, 0) is 0 Å². The highest BCUT2D eigenvalue weighted by Crippen LogP contribution is 2.15. The Labute approximate surface area is 121 Å². The molecule has 1 aliphatic rings. The van der Waals surface area contributed by atoms with Crippen molar-refractivity contribution < 1.29 is 10.2 Å². The van der Waals surface area contributed by atoms with Crippen LogP contribution in [0.15, 0.2) is 30.3 Å². The van der Waals surface area contributed by atoms with Crippen LogP contribution in [0.4, 0.5) is 0 Å². The summed E-state index contributed by atoms with van der Waals surface area (Å²) in [6.07, 6.45) is -0.419. The van der Waals surface area contributed by atoms with E-state index < -0.39 is 11.7 Å². The van der Waals surface area contributed by atoms with Gasteiger partial charge in [-0.15, -0.1) is 0 Å². The number of rotatable bonds is 5. The number of benzene rings is 1. The smallest absolute Gasteiger partial charge is 0.0916 e. The molecule has 1 aromatic rings. The van der Waals surface area contributed by atoms with Crippen molar-refractivity contribution in [1.29, 1.82) is 0 Å². The molecule has 0 aromatic heterocycles. The van der Waals surface area contributed by atoms with E-state index in [-0.39, 0.29) is 0 Å². The second-order valence-corrected chi connectivity index (χ2v) is 6.32. The number of hydrogen-bond acceptors (Lipinski definition) is 4. The van der Waals surface area contributed by atoms with E-state index in [9.17, 15) is 10.2 Å². The molecule has 0 unspecified atom stereocenters. The van der Waals surface area contributed by atoms with E-state index >= 15 is 0 Å². The van der Waals surface area contributed by atoms with Gasteiger partial charge in [-0.3, -0.25) is 9.80 Å². The molecule has 2 N–H and O–H groups in total. The van der Waals surface area contributed by atoms with Crippen LogP contribution in [0.5, 0.6) is 0 Å². The summed E-state index contributed by atoms with van der Waals surface area (Å²) in [6.45, 7) is 8.87. The van der Waals surface area contributed by atoms with Gasteiger partial charge in [0.05, 0.1) is 11.7 Å².